The minimum Gasteiger partial charge on any atom is -0.296 e. The Morgan fingerprint density at radius 3 is 2.56 bits per heavy atom. The van der Waals surface area contributed by atoms with Crippen molar-refractivity contribution in [3.05, 3.63) is 82.7 Å². The number of rotatable bonds is 5. The zero-order chi connectivity index (χ0) is 18.8. The van der Waals surface area contributed by atoms with Crippen LogP contribution in [0, 0.1) is 15.9 Å². The average Bonchev–Trinajstić information content (AvgIpc) is 3.05. The molecule has 4 aromatic rings. The molecule has 134 valence electrons. The fraction of sp³-hybridized carbons (Fsp3) is 0.0556. The van der Waals surface area contributed by atoms with E-state index in [0.29, 0.717) is 27.8 Å². The van der Waals surface area contributed by atoms with E-state index in [-0.39, 0.29) is 11.5 Å². The topological polar surface area (TPSA) is 86.7 Å². The van der Waals surface area contributed by atoms with Crippen LogP contribution in [0.4, 0.5) is 10.1 Å². The molecule has 0 aliphatic heterocycles. The Balaban J connectivity index is 1.80. The highest BCUT2D eigenvalue weighted by atomic mass is 32.2. The molecule has 2 aromatic heterocycles. The molecule has 2 aromatic carbocycles. The van der Waals surface area contributed by atoms with Gasteiger partial charge in [-0.2, -0.15) is 0 Å². The van der Waals surface area contributed by atoms with Gasteiger partial charge in [-0.25, -0.2) is 19.3 Å². The molecule has 0 saturated heterocycles. The molecule has 0 amide bonds. The molecule has 0 atom stereocenters. The summed E-state index contributed by atoms with van der Waals surface area (Å²) < 4.78 is 15.2. The molecular formula is C18H12FN5O2S. The van der Waals surface area contributed by atoms with E-state index in [4.69, 9.17) is 0 Å². The van der Waals surface area contributed by atoms with Crippen LogP contribution >= 0.6 is 11.8 Å². The number of thioether (sulfide) groups is 1. The third-order valence-corrected chi connectivity index (χ3v) is 4.75. The smallest absolute Gasteiger partial charge is 0.271 e. The zero-order valence-electron chi connectivity index (χ0n) is 13.8. The highest BCUT2D eigenvalue weighted by Gasteiger charge is 2.16. The van der Waals surface area contributed by atoms with E-state index in [9.17, 15) is 14.5 Å². The summed E-state index contributed by atoms with van der Waals surface area (Å²) in [4.78, 5) is 23.5. The van der Waals surface area contributed by atoms with E-state index in [1.807, 2.05) is 4.57 Å². The number of benzene rings is 2. The molecule has 9 heteroatoms. The summed E-state index contributed by atoms with van der Waals surface area (Å²) in [5, 5.41) is 11.7. The Hall–Kier alpha value is -3.33. The van der Waals surface area contributed by atoms with Crippen molar-refractivity contribution in [2.75, 3.05) is 0 Å². The SMILES string of the molecule is O=[N+]([O-])c1ccc2c(c1)nc(CSc1ncccn1)n2-c1ccc(F)cc1. The predicted octanol–water partition coefficient (Wildman–Crippen LogP) is 4.16. The Morgan fingerprint density at radius 2 is 1.85 bits per heavy atom. The number of fused-ring (bicyclic) bond motifs is 1. The van der Waals surface area contributed by atoms with Crippen LogP contribution in [-0.2, 0) is 5.75 Å². The lowest BCUT2D eigenvalue weighted by molar-refractivity contribution is -0.384. The number of nitrogens with zero attached hydrogens (tertiary/aromatic N) is 5. The van der Waals surface area contributed by atoms with Gasteiger partial charge in [-0.05, 0) is 36.4 Å². The van der Waals surface area contributed by atoms with Gasteiger partial charge in [-0.3, -0.25) is 14.7 Å². The van der Waals surface area contributed by atoms with Crippen molar-refractivity contribution < 1.29 is 9.31 Å². The largest absolute Gasteiger partial charge is 0.296 e. The minimum absolute atomic E-state index is 0.0307. The van der Waals surface area contributed by atoms with Gasteiger partial charge in [0.25, 0.3) is 5.69 Å². The van der Waals surface area contributed by atoms with Gasteiger partial charge in [0.1, 0.15) is 11.6 Å². The molecule has 0 N–H and O–H groups in total. The molecule has 0 unspecified atom stereocenters. The fourth-order valence-corrected chi connectivity index (χ4v) is 3.42. The normalized spacial score (nSPS) is 11.0. The average molecular weight is 381 g/mol. The molecule has 27 heavy (non-hydrogen) atoms. The van der Waals surface area contributed by atoms with Gasteiger partial charge in [0.2, 0.25) is 0 Å². The van der Waals surface area contributed by atoms with Crippen molar-refractivity contribution in [2.24, 2.45) is 0 Å². The number of hydrogen-bond acceptors (Lipinski definition) is 6. The van der Waals surface area contributed by atoms with E-state index in [0.717, 1.165) is 5.69 Å². The number of nitro benzene ring substituents is 1. The number of aromatic nitrogens is 4. The van der Waals surface area contributed by atoms with Crippen LogP contribution in [-0.4, -0.2) is 24.4 Å². The van der Waals surface area contributed by atoms with Crippen molar-refractivity contribution in [1.82, 2.24) is 19.5 Å². The maximum absolute atomic E-state index is 13.3. The van der Waals surface area contributed by atoms with Gasteiger partial charge in [-0.1, -0.05) is 11.8 Å². The maximum atomic E-state index is 13.3. The van der Waals surface area contributed by atoms with Crippen LogP contribution < -0.4 is 0 Å². The lowest BCUT2D eigenvalue weighted by Gasteiger charge is -2.09. The number of nitro groups is 1. The van der Waals surface area contributed by atoms with Gasteiger partial charge in [0, 0.05) is 30.2 Å². The quantitative estimate of drug-likeness (QED) is 0.223. The van der Waals surface area contributed by atoms with E-state index in [1.165, 1.54) is 36.0 Å². The standard InChI is InChI=1S/C18H12FN5O2S/c19-12-2-4-13(5-3-12)23-16-7-6-14(24(25)26)10-15(16)22-17(23)11-27-18-20-8-1-9-21-18/h1-10H,11H2. The van der Waals surface area contributed by atoms with Crippen molar-refractivity contribution >= 4 is 28.5 Å². The van der Waals surface area contributed by atoms with Crippen molar-refractivity contribution in [3.8, 4) is 5.69 Å². The first-order valence-electron chi connectivity index (χ1n) is 7.93. The fourth-order valence-electron chi connectivity index (χ4n) is 2.70. The van der Waals surface area contributed by atoms with Gasteiger partial charge in [0.05, 0.1) is 21.7 Å². The summed E-state index contributed by atoms with van der Waals surface area (Å²) >= 11 is 1.40. The van der Waals surface area contributed by atoms with Crippen LogP contribution in [0.2, 0.25) is 0 Å². The summed E-state index contributed by atoms with van der Waals surface area (Å²) in [6.45, 7) is 0. The molecule has 0 spiro atoms. The second-order valence-corrected chi connectivity index (χ2v) is 6.53. The summed E-state index contributed by atoms with van der Waals surface area (Å²) in [5.41, 5.74) is 1.89. The van der Waals surface area contributed by atoms with Crippen LogP contribution in [0.1, 0.15) is 5.82 Å². The Morgan fingerprint density at radius 1 is 1.11 bits per heavy atom. The van der Waals surface area contributed by atoms with Crippen molar-refractivity contribution in [1.29, 1.82) is 0 Å². The third-order valence-electron chi connectivity index (χ3n) is 3.88. The minimum atomic E-state index is -0.456. The monoisotopic (exact) mass is 381 g/mol. The molecule has 0 radical (unpaired) electrons. The van der Waals surface area contributed by atoms with Crippen LogP contribution in [0.15, 0.2) is 66.1 Å². The second kappa shape index (κ2) is 7.12. The Labute approximate surface area is 157 Å². The molecule has 7 nitrogen and oxygen atoms in total. The number of halogens is 1. The first-order valence-corrected chi connectivity index (χ1v) is 8.92. The van der Waals surface area contributed by atoms with Crippen molar-refractivity contribution in [3.63, 3.8) is 0 Å². The molecule has 0 aliphatic carbocycles. The van der Waals surface area contributed by atoms with Gasteiger partial charge in [0.15, 0.2) is 5.16 Å². The third kappa shape index (κ3) is 3.49. The first kappa shape index (κ1) is 17.1. The summed E-state index contributed by atoms with van der Waals surface area (Å²) in [7, 11) is 0. The second-order valence-electron chi connectivity index (χ2n) is 5.59. The summed E-state index contributed by atoms with van der Waals surface area (Å²) in [6.07, 6.45) is 3.31. The first-order chi connectivity index (χ1) is 13.1. The number of imidazole rings is 1. The number of non-ortho nitro benzene ring substituents is 1. The maximum Gasteiger partial charge on any atom is 0.271 e. The molecular weight excluding hydrogens is 369 g/mol. The highest BCUT2D eigenvalue weighted by Crippen LogP contribution is 2.28. The number of hydrogen-bond donors (Lipinski definition) is 0. The molecule has 0 fully saturated rings. The molecule has 4 rings (SSSR count). The van der Waals surface area contributed by atoms with Crippen LogP contribution in [0.25, 0.3) is 16.7 Å². The van der Waals surface area contributed by atoms with Crippen LogP contribution in [0.3, 0.4) is 0 Å². The lowest BCUT2D eigenvalue weighted by Crippen LogP contribution is -2.00. The predicted molar refractivity (Wildman–Crippen MR) is 99.3 cm³/mol. The van der Waals surface area contributed by atoms with E-state index in [1.54, 1.807) is 36.7 Å². The van der Waals surface area contributed by atoms with E-state index >= 15 is 0 Å². The van der Waals surface area contributed by atoms with Gasteiger partial charge >= 0.3 is 0 Å². The Kier molecular flexibility index (Phi) is 4.51. The zero-order valence-corrected chi connectivity index (χ0v) is 14.6. The molecule has 0 bridgehead atoms. The summed E-state index contributed by atoms with van der Waals surface area (Å²) in [5.74, 6) is 0.770. The van der Waals surface area contributed by atoms with E-state index < -0.39 is 4.92 Å². The summed E-state index contributed by atoms with van der Waals surface area (Å²) in [6, 6.07) is 12.3. The van der Waals surface area contributed by atoms with Gasteiger partial charge in [-0.15, -0.1) is 0 Å². The van der Waals surface area contributed by atoms with E-state index in [2.05, 4.69) is 15.0 Å². The van der Waals surface area contributed by atoms with Crippen molar-refractivity contribution in [2.45, 2.75) is 10.9 Å². The molecule has 2 heterocycles. The van der Waals surface area contributed by atoms with Crippen LogP contribution in [0.5, 0.6) is 0 Å². The lowest BCUT2D eigenvalue weighted by atomic mass is 10.2. The Bertz CT molecular complexity index is 1120. The molecule has 0 saturated carbocycles. The van der Waals surface area contributed by atoms with Gasteiger partial charge < -0.3 is 0 Å². The highest BCUT2D eigenvalue weighted by molar-refractivity contribution is 7.98. The molecule has 0 aliphatic rings.